The van der Waals surface area contributed by atoms with Gasteiger partial charge in [0, 0.05) is 39.2 Å². The molecule has 0 fully saturated rings. The first kappa shape index (κ1) is 21.2. The van der Waals surface area contributed by atoms with Crippen LogP contribution in [0.5, 0.6) is 0 Å². The largest absolute Gasteiger partial charge is 0.361 e. The Balaban J connectivity index is 1.59. The Hall–Kier alpha value is -3.71. The van der Waals surface area contributed by atoms with Crippen LogP contribution in [0.3, 0.4) is 0 Å². The number of pyridine rings is 1. The number of sulfonamides is 1. The highest BCUT2D eigenvalue weighted by Crippen LogP contribution is 2.39. The number of nitrogens with zero attached hydrogens (tertiary/aromatic N) is 2. The number of aromatic nitrogens is 2. The number of nitriles is 1. The molecule has 33 heavy (non-hydrogen) atoms. The van der Waals surface area contributed by atoms with Crippen molar-refractivity contribution in [1.82, 2.24) is 14.7 Å². The third kappa shape index (κ3) is 3.64. The van der Waals surface area contributed by atoms with E-state index in [1.807, 2.05) is 37.4 Å². The molecule has 2 aromatic carbocycles. The number of aryl methyl sites for hydroxylation is 1. The highest BCUT2D eigenvalue weighted by molar-refractivity contribution is 7.89. The average molecular weight is 474 g/mol. The minimum atomic E-state index is -3.49. The summed E-state index contributed by atoms with van der Waals surface area (Å²) in [6, 6.07) is 17.0. The Morgan fingerprint density at radius 1 is 1.09 bits per heavy atom. The van der Waals surface area contributed by atoms with Gasteiger partial charge in [-0.25, -0.2) is 18.1 Å². The second kappa shape index (κ2) is 8.01. The van der Waals surface area contributed by atoms with Gasteiger partial charge in [0.15, 0.2) is 0 Å². The van der Waals surface area contributed by atoms with Crippen molar-refractivity contribution in [2.45, 2.75) is 11.8 Å². The minimum absolute atomic E-state index is 0.206. The van der Waals surface area contributed by atoms with Gasteiger partial charge in [-0.05, 0) is 61.5 Å². The summed E-state index contributed by atoms with van der Waals surface area (Å²) in [6.45, 7) is 2.04. The van der Waals surface area contributed by atoms with E-state index in [0.29, 0.717) is 11.3 Å². The molecule has 0 amide bonds. The number of benzene rings is 2. The van der Waals surface area contributed by atoms with Crippen LogP contribution in [0.1, 0.15) is 11.1 Å². The number of hydrogen-bond donors (Lipinski definition) is 3. The van der Waals surface area contributed by atoms with Gasteiger partial charge >= 0.3 is 0 Å². The van der Waals surface area contributed by atoms with E-state index in [1.165, 1.54) is 18.4 Å². The van der Waals surface area contributed by atoms with Gasteiger partial charge in [0.05, 0.1) is 16.1 Å². The zero-order chi connectivity index (χ0) is 23.2. The number of fused-ring (bicyclic) bond motifs is 2. The summed E-state index contributed by atoms with van der Waals surface area (Å²) >= 11 is 1.49. The topological polar surface area (TPSA) is 111 Å². The fourth-order valence-electron chi connectivity index (χ4n) is 3.82. The molecule has 164 valence electrons. The van der Waals surface area contributed by atoms with Gasteiger partial charge in [-0.2, -0.15) is 5.26 Å². The number of rotatable bonds is 5. The lowest BCUT2D eigenvalue weighted by Crippen LogP contribution is -2.18. The quantitative estimate of drug-likeness (QED) is 0.322. The Labute approximate surface area is 194 Å². The van der Waals surface area contributed by atoms with Crippen LogP contribution in [0.25, 0.3) is 31.6 Å². The normalized spacial score (nSPS) is 11.7. The monoisotopic (exact) mass is 473 g/mol. The van der Waals surface area contributed by atoms with E-state index in [4.69, 9.17) is 0 Å². The van der Waals surface area contributed by atoms with Crippen molar-refractivity contribution in [3.8, 4) is 16.5 Å². The standard InChI is InChI=1S/C24H19N5O2S2/c1-14-18-9-10-27-21(18)8-7-20(14)29-23-16(12-25)13-28-24-19(23)11-22(32-24)15-3-5-17(6-4-15)33(30,31)26-2/h3-11,13,26-27H,1-2H3,(H,28,29). The van der Waals surface area contributed by atoms with E-state index in [0.717, 1.165) is 42.8 Å². The van der Waals surface area contributed by atoms with E-state index in [1.54, 1.807) is 30.5 Å². The Morgan fingerprint density at radius 3 is 2.61 bits per heavy atom. The van der Waals surface area contributed by atoms with Gasteiger partial charge < -0.3 is 10.3 Å². The van der Waals surface area contributed by atoms with E-state index in [-0.39, 0.29) is 4.90 Å². The summed E-state index contributed by atoms with van der Waals surface area (Å²) in [5, 5.41) is 15.1. The van der Waals surface area contributed by atoms with Crippen LogP contribution in [0, 0.1) is 18.3 Å². The summed E-state index contributed by atoms with van der Waals surface area (Å²) in [7, 11) is -2.11. The molecular weight excluding hydrogens is 454 g/mol. The van der Waals surface area contributed by atoms with Gasteiger partial charge in [0.25, 0.3) is 0 Å². The molecule has 0 saturated carbocycles. The van der Waals surface area contributed by atoms with Crippen LogP contribution >= 0.6 is 11.3 Å². The maximum atomic E-state index is 12.0. The number of nitrogens with one attached hydrogen (secondary N) is 3. The van der Waals surface area contributed by atoms with E-state index < -0.39 is 10.0 Å². The molecule has 5 aromatic rings. The van der Waals surface area contributed by atoms with Crippen molar-refractivity contribution in [3.05, 3.63) is 72.1 Å². The van der Waals surface area contributed by atoms with Crippen molar-refractivity contribution < 1.29 is 8.42 Å². The summed E-state index contributed by atoms with van der Waals surface area (Å²) in [5.74, 6) is 0. The molecule has 3 heterocycles. The lowest BCUT2D eigenvalue weighted by molar-refractivity contribution is 0.588. The molecule has 0 radical (unpaired) electrons. The lowest BCUT2D eigenvalue weighted by Gasteiger charge is -2.12. The smallest absolute Gasteiger partial charge is 0.240 e. The van der Waals surface area contributed by atoms with E-state index in [9.17, 15) is 13.7 Å². The van der Waals surface area contributed by atoms with Gasteiger partial charge in [0.1, 0.15) is 10.9 Å². The number of anilines is 2. The predicted molar refractivity (Wildman–Crippen MR) is 132 cm³/mol. The van der Waals surface area contributed by atoms with E-state index in [2.05, 4.69) is 26.1 Å². The van der Waals surface area contributed by atoms with Gasteiger partial charge in [-0.15, -0.1) is 11.3 Å². The highest BCUT2D eigenvalue weighted by atomic mass is 32.2. The molecule has 0 atom stereocenters. The molecule has 0 aliphatic carbocycles. The average Bonchev–Trinajstić information content (AvgIpc) is 3.49. The number of aromatic amines is 1. The number of H-pyrrole nitrogens is 1. The fraction of sp³-hybridized carbons (Fsp3) is 0.0833. The SMILES string of the molecule is CNS(=O)(=O)c1ccc(-c2cc3c(Nc4ccc5[nH]ccc5c4C)c(C#N)cnc3s2)cc1. The van der Waals surface area contributed by atoms with Crippen molar-refractivity contribution in [1.29, 1.82) is 5.26 Å². The van der Waals surface area contributed by atoms with Crippen LogP contribution < -0.4 is 10.0 Å². The second-order valence-corrected chi connectivity index (χ2v) is 10.4. The summed E-state index contributed by atoms with van der Waals surface area (Å²) < 4.78 is 26.3. The van der Waals surface area contributed by atoms with Gasteiger partial charge in [-0.3, -0.25) is 0 Å². The Morgan fingerprint density at radius 2 is 1.88 bits per heavy atom. The third-order valence-electron chi connectivity index (χ3n) is 5.66. The van der Waals surface area contributed by atoms with Crippen molar-refractivity contribution in [2.24, 2.45) is 0 Å². The second-order valence-electron chi connectivity index (χ2n) is 7.52. The molecule has 0 spiro atoms. The zero-order valence-corrected chi connectivity index (χ0v) is 19.4. The van der Waals surface area contributed by atoms with Crippen molar-refractivity contribution in [2.75, 3.05) is 12.4 Å². The molecule has 0 bridgehead atoms. The first-order valence-corrected chi connectivity index (χ1v) is 12.4. The molecule has 3 N–H and O–H groups in total. The summed E-state index contributed by atoms with van der Waals surface area (Å²) in [6.07, 6.45) is 3.49. The molecule has 0 aliphatic rings. The number of thiophene rings is 1. The summed E-state index contributed by atoms with van der Waals surface area (Å²) in [5.41, 5.74) is 5.09. The third-order valence-corrected chi connectivity index (χ3v) is 8.19. The molecule has 5 rings (SSSR count). The molecule has 0 aliphatic heterocycles. The van der Waals surface area contributed by atoms with Crippen molar-refractivity contribution in [3.63, 3.8) is 0 Å². The van der Waals surface area contributed by atoms with E-state index >= 15 is 0 Å². The van der Waals surface area contributed by atoms with Crippen LogP contribution in [0.2, 0.25) is 0 Å². The van der Waals surface area contributed by atoms with Gasteiger partial charge in [0.2, 0.25) is 10.0 Å². The minimum Gasteiger partial charge on any atom is -0.361 e. The predicted octanol–water partition coefficient (Wildman–Crippen LogP) is 5.28. The van der Waals surface area contributed by atoms with Crippen LogP contribution in [0.4, 0.5) is 11.4 Å². The molecule has 0 unspecified atom stereocenters. The fourth-order valence-corrected chi connectivity index (χ4v) is 5.57. The molecule has 3 aromatic heterocycles. The lowest BCUT2D eigenvalue weighted by atomic mass is 10.1. The van der Waals surface area contributed by atoms with Gasteiger partial charge in [-0.1, -0.05) is 12.1 Å². The maximum absolute atomic E-state index is 12.0. The van der Waals surface area contributed by atoms with Crippen LogP contribution in [0.15, 0.2) is 65.8 Å². The maximum Gasteiger partial charge on any atom is 0.240 e. The first-order chi connectivity index (χ1) is 15.9. The van der Waals surface area contributed by atoms with Crippen LogP contribution in [-0.2, 0) is 10.0 Å². The number of hydrogen-bond acceptors (Lipinski definition) is 6. The first-order valence-electron chi connectivity index (χ1n) is 10.1. The molecule has 7 nitrogen and oxygen atoms in total. The molecule has 0 saturated heterocycles. The summed E-state index contributed by atoms with van der Waals surface area (Å²) in [4.78, 5) is 9.62. The molecular formula is C24H19N5O2S2. The Bertz CT molecular complexity index is 1660. The zero-order valence-electron chi connectivity index (χ0n) is 17.8. The van der Waals surface area contributed by atoms with Crippen molar-refractivity contribution >= 4 is 53.9 Å². The Kier molecular flexibility index (Phi) is 5.13. The van der Waals surface area contributed by atoms with Crippen LogP contribution in [-0.4, -0.2) is 25.4 Å². The highest BCUT2D eigenvalue weighted by Gasteiger charge is 2.16. The molecule has 9 heteroatoms.